The van der Waals surface area contributed by atoms with Gasteiger partial charge < -0.3 is 10.4 Å². The molecule has 1 saturated carbocycles. The first-order chi connectivity index (χ1) is 9.27. The smallest absolute Gasteiger partial charge is 0.312 e. The first kappa shape index (κ1) is 14.1. The zero-order valence-corrected chi connectivity index (χ0v) is 11.3. The maximum atomic E-state index is 11.3. The molecule has 1 aliphatic rings. The first-order valence-electron chi connectivity index (χ1n) is 7.26. The number of hydrogen-bond donors (Lipinski definition) is 2. The summed E-state index contributed by atoms with van der Waals surface area (Å²) in [6.07, 6.45) is 6.62. The molecule has 0 bridgehead atoms. The fourth-order valence-electron chi connectivity index (χ4n) is 2.88. The molecule has 1 aromatic carbocycles. The quantitative estimate of drug-likeness (QED) is 0.742. The summed E-state index contributed by atoms with van der Waals surface area (Å²) in [5.74, 6) is -0.336. The SMILES string of the molecule is O=C(O)C(CNCCC1CCCC1)c1ccccc1. The molecule has 3 nitrogen and oxygen atoms in total. The Kier molecular flexibility index (Phi) is 5.40. The van der Waals surface area contributed by atoms with Crippen LogP contribution in [0.15, 0.2) is 30.3 Å². The van der Waals surface area contributed by atoms with Gasteiger partial charge in [0.15, 0.2) is 0 Å². The van der Waals surface area contributed by atoms with Crippen LogP contribution in [0, 0.1) is 5.92 Å². The number of carbonyl (C=O) groups is 1. The zero-order chi connectivity index (χ0) is 13.5. The Morgan fingerprint density at radius 3 is 2.58 bits per heavy atom. The lowest BCUT2D eigenvalue weighted by Crippen LogP contribution is -2.28. The van der Waals surface area contributed by atoms with Gasteiger partial charge >= 0.3 is 5.97 Å². The number of benzene rings is 1. The third-order valence-corrected chi connectivity index (χ3v) is 4.05. The van der Waals surface area contributed by atoms with Gasteiger partial charge in [0.05, 0.1) is 5.92 Å². The molecule has 0 amide bonds. The van der Waals surface area contributed by atoms with Gasteiger partial charge in [0, 0.05) is 6.54 Å². The van der Waals surface area contributed by atoms with Crippen molar-refractivity contribution in [2.45, 2.75) is 38.0 Å². The number of nitrogens with one attached hydrogen (secondary N) is 1. The number of aliphatic carboxylic acids is 1. The van der Waals surface area contributed by atoms with Gasteiger partial charge in [-0.2, -0.15) is 0 Å². The highest BCUT2D eigenvalue weighted by Crippen LogP contribution is 2.27. The topological polar surface area (TPSA) is 49.3 Å². The normalized spacial score (nSPS) is 17.5. The average molecular weight is 261 g/mol. The molecule has 3 heteroatoms. The van der Waals surface area contributed by atoms with Crippen LogP contribution < -0.4 is 5.32 Å². The van der Waals surface area contributed by atoms with Crippen molar-refractivity contribution in [2.75, 3.05) is 13.1 Å². The van der Waals surface area contributed by atoms with Crippen molar-refractivity contribution in [1.29, 1.82) is 0 Å². The Hall–Kier alpha value is -1.35. The van der Waals surface area contributed by atoms with Crippen LogP contribution in [0.2, 0.25) is 0 Å². The van der Waals surface area contributed by atoms with Crippen LogP contribution in [0.25, 0.3) is 0 Å². The molecule has 0 saturated heterocycles. The van der Waals surface area contributed by atoms with Crippen molar-refractivity contribution >= 4 is 5.97 Å². The molecule has 104 valence electrons. The molecule has 0 radical (unpaired) electrons. The van der Waals surface area contributed by atoms with E-state index in [1.54, 1.807) is 0 Å². The summed E-state index contributed by atoms with van der Waals surface area (Å²) >= 11 is 0. The van der Waals surface area contributed by atoms with Crippen molar-refractivity contribution in [2.24, 2.45) is 5.92 Å². The lowest BCUT2D eigenvalue weighted by atomic mass is 9.99. The van der Waals surface area contributed by atoms with Crippen molar-refractivity contribution in [3.63, 3.8) is 0 Å². The molecule has 0 spiro atoms. The lowest BCUT2D eigenvalue weighted by molar-refractivity contribution is -0.138. The summed E-state index contributed by atoms with van der Waals surface area (Å²) in [5, 5.41) is 12.6. The van der Waals surface area contributed by atoms with Crippen molar-refractivity contribution in [3.05, 3.63) is 35.9 Å². The zero-order valence-electron chi connectivity index (χ0n) is 11.3. The van der Waals surface area contributed by atoms with Gasteiger partial charge in [0.1, 0.15) is 0 Å². The second-order valence-electron chi connectivity index (χ2n) is 5.44. The predicted octanol–water partition coefficient (Wildman–Crippen LogP) is 3.02. The summed E-state index contributed by atoms with van der Waals surface area (Å²) in [7, 11) is 0. The summed E-state index contributed by atoms with van der Waals surface area (Å²) in [6, 6.07) is 9.47. The second-order valence-corrected chi connectivity index (χ2v) is 5.44. The van der Waals surface area contributed by atoms with E-state index < -0.39 is 11.9 Å². The highest BCUT2D eigenvalue weighted by molar-refractivity contribution is 5.76. The van der Waals surface area contributed by atoms with Gasteiger partial charge in [-0.1, -0.05) is 56.0 Å². The molecular weight excluding hydrogens is 238 g/mol. The van der Waals surface area contributed by atoms with Crippen molar-refractivity contribution < 1.29 is 9.90 Å². The summed E-state index contributed by atoms with van der Waals surface area (Å²) in [6.45, 7) is 1.45. The van der Waals surface area contributed by atoms with Crippen LogP contribution in [-0.2, 0) is 4.79 Å². The summed E-state index contributed by atoms with van der Waals surface area (Å²) in [4.78, 5) is 11.3. The Morgan fingerprint density at radius 2 is 1.95 bits per heavy atom. The third kappa shape index (κ3) is 4.35. The van der Waals surface area contributed by atoms with E-state index in [9.17, 15) is 9.90 Å². The fourth-order valence-corrected chi connectivity index (χ4v) is 2.88. The van der Waals surface area contributed by atoms with Gasteiger partial charge in [-0.25, -0.2) is 0 Å². The van der Waals surface area contributed by atoms with Gasteiger partial charge in [0.2, 0.25) is 0 Å². The van der Waals surface area contributed by atoms with Crippen molar-refractivity contribution in [3.8, 4) is 0 Å². The second kappa shape index (κ2) is 7.29. The van der Waals surface area contributed by atoms with Gasteiger partial charge in [-0.15, -0.1) is 0 Å². The van der Waals surface area contributed by atoms with Gasteiger partial charge in [-0.05, 0) is 24.4 Å². The van der Waals surface area contributed by atoms with Gasteiger partial charge in [-0.3, -0.25) is 4.79 Å². The Bertz CT molecular complexity index is 385. The van der Waals surface area contributed by atoms with E-state index in [1.807, 2.05) is 30.3 Å². The van der Waals surface area contributed by atoms with Crippen LogP contribution in [-0.4, -0.2) is 24.2 Å². The van der Waals surface area contributed by atoms with Crippen molar-refractivity contribution in [1.82, 2.24) is 5.32 Å². The van der Waals surface area contributed by atoms with E-state index >= 15 is 0 Å². The first-order valence-corrected chi connectivity index (χ1v) is 7.26. The van der Waals surface area contributed by atoms with E-state index in [1.165, 1.54) is 32.1 Å². The van der Waals surface area contributed by atoms with Crippen LogP contribution in [0.4, 0.5) is 0 Å². The van der Waals surface area contributed by atoms with Crippen LogP contribution >= 0.6 is 0 Å². The molecule has 1 aliphatic carbocycles. The van der Waals surface area contributed by atoms with Crippen LogP contribution in [0.5, 0.6) is 0 Å². The highest BCUT2D eigenvalue weighted by Gasteiger charge is 2.19. The molecule has 1 fully saturated rings. The van der Waals surface area contributed by atoms with E-state index in [-0.39, 0.29) is 0 Å². The molecule has 0 heterocycles. The predicted molar refractivity (Wildman–Crippen MR) is 76.3 cm³/mol. The van der Waals surface area contributed by atoms with E-state index in [4.69, 9.17) is 0 Å². The number of carboxylic acids is 1. The number of hydrogen-bond acceptors (Lipinski definition) is 2. The van der Waals surface area contributed by atoms with E-state index in [0.29, 0.717) is 6.54 Å². The van der Waals surface area contributed by atoms with E-state index in [0.717, 1.165) is 18.0 Å². The lowest BCUT2D eigenvalue weighted by Gasteiger charge is -2.15. The standard InChI is InChI=1S/C16H23NO2/c18-16(19)15(14-8-2-1-3-9-14)12-17-11-10-13-6-4-5-7-13/h1-3,8-9,13,15,17H,4-7,10-12H2,(H,18,19). The molecule has 2 N–H and O–H groups in total. The molecular formula is C16H23NO2. The monoisotopic (exact) mass is 261 g/mol. The summed E-state index contributed by atoms with van der Waals surface area (Å²) < 4.78 is 0. The molecule has 1 unspecified atom stereocenters. The molecule has 1 aromatic rings. The highest BCUT2D eigenvalue weighted by atomic mass is 16.4. The van der Waals surface area contributed by atoms with Crippen LogP contribution in [0.3, 0.4) is 0 Å². The minimum Gasteiger partial charge on any atom is -0.481 e. The molecule has 0 aliphatic heterocycles. The van der Waals surface area contributed by atoms with E-state index in [2.05, 4.69) is 5.32 Å². The molecule has 19 heavy (non-hydrogen) atoms. The minimum absolute atomic E-state index is 0.440. The maximum Gasteiger partial charge on any atom is 0.312 e. The fraction of sp³-hybridized carbons (Fsp3) is 0.562. The number of carboxylic acid groups (broad SMARTS) is 1. The number of rotatable bonds is 7. The largest absolute Gasteiger partial charge is 0.481 e. The molecule has 0 aromatic heterocycles. The van der Waals surface area contributed by atoms with Gasteiger partial charge in [0.25, 0.3) is 0 Å². The Labute approximate surface area is 115 Å². The molecule has 2 rings (SSSR count). The Morgan fingerprint density at radius 1 is 1.26 bits per heavy atom. The average Bonchev–Trinajstić information content (AvgIpc) is 2.92. The maximum absolute atomic E-state index is 11.3. The summed E-state index contributed by atoms with van der Waals surface area (Å²) in [5.41, 5.74) is 0.878. The third-order valence-electron chi connectivity index (χ3n) is 4.05. The molecule has 1 atom stereocenters. The Balaban J connectivity index is 1.76. The minimum atomic E-state index is -0.750. The van der Waals surface area contributed by atoms with Crippen LogP contribution in [0.1, 0.15) is 43.6 Å².